The number of carbonyl (C=O) groups is 7. The number of alkyl halides is 2. The predicted molar refractivity (Wildman–Crippen MR) is 218 cm³/mol. The van der Waals surface area contributed by atoms with E-state index in [0.717, 1.165) is 35.5 Å². The first-order valence-electron chi connectivity index (χ1n) is 20.6. The van der Waals surface area contributed by atoms with Gasteiger partial charge in [-0.3, -0.25) is 43.8 Å². The van der Waals surface area contributed by atoms with Crippen LogP contribution in [0.25, 0.3) is 0 Å². The molecule has 1 aromatic heterocycles. The number of likely N-dealkylation sites (tertiary alicyclic amines) is 1. The second-order valence-corrected chi connectivity index (χ2v) is 16.1. The number of hydrogen-bond donors (Lipinski definition) is 4. The van der Waals surface area contributed by atoms with E-state index >= 15 is 0 Å². The smallest absolute Gasteiger partial charge is 0.342 e. The van der Waals surface area contributed by atoms with Crippen molar-refractivity contribution in [3.8, 4) is 0 Å². The Balaban J connectivity index is 0.793. The van der Waals surface area contributed by atoms with Crippen molar-refractivity contribution in [1.29, 1.82) is 0 Å². The summed E-state index contributed by atoms with van der Waals surface area (Å²) in [6.07, 6.45) is 6.60. The van der Waals surface area contributed by atoms with E-state index < -0.39 is 48.0 Å². The molecular formula is C42H46F2N10O7. The second-order valence-electron chi connectivity index (χ2n) is 16.1. The van der Waals surface area contributed by atoms with Crippen molar-refractivity contribution in [2.45, 2.75) is 88.3 Å². The SMILES string of the molecule is CN1C(=O)C(F)(F)CN(C2CCCC2)c2nc(Nc3ccc(C(=O)NC4CCN(C(=O)CCCNc5cccc6c5C(=O)N(C5CCC(=O)NC5=O)C6=O)CC4)cc3)ncc21. The van der Waals surface area contributed by atoms with Crippen LogP contribution in [-0.4, -0.2) is 118 Å². The molecule has 19 heteroatoms. The highest BCUT2D eigenvalue weighted by Crippen LogP contribution is 2.40. The van der Waals surface area contributed by atoms with Crippen LogP contribution >= 0.6 is 0 Å². The summed E-state index contributed by atoms with van der Waals surface area (Å²) in [7, 11) is 1.30. The van der Waals surface area contributed by atoms with Gasteiger partial charge in [-0.25, -0.2) is 4.98 Å². The van der Waals surface area contributed by atoms with Gasteiger partial charge in [0, 0.05) is 68.5 Å². The molecule has 7 amide bonds. The van der Waals surface area contributed by atoms with Gasteiger partial charge in [-0.2, -0.15) is 13.8 Å². The monoisotopic (exact) mass is 840 g/mol. The number of imide groups is 2. The van der Waals surface area contributed by atoms with E-state index in [1.54, 1.807) is 46.2 Å². The number of carbonyl (C=O) groups excluding carboxylic acids is 7. The molecular weight excluding hydrogens is 795 g/mol. The average Bonchev–Trinajstić information content (AvgIpc) is 3.86. The molecule has 61 heavy (non-hydrogen) atoms. The Morgan fingerprint density at radius 1 is 0.934 bits per heavy atom. The third-order valence-corrected chi connectivity index (χ3v) is 12.1. The van der Waals surface area contributed by atoms with Crippen molar-refractivity contribution in [2.24, 2.45) is 0 Å². The molecule has 2 aromatic carbocycles. The number of benzene rings is 2. The summed E-state index contributed by atoms with van der Waals surface area (Å²) >= 11 is 0. The van der Waals surface area contributed by atoms with Gasteiger partial charge in [0.2, 0.25) is 23.7 Å². The molecule has 0 spiro atoms. The Labute approximate surface area is 349 Å². The van der Waals surface area contributed by atoms with Crippen LogP contribution in [0.1, 0.15) is 95.3 Å². The number of nitrogens with one attached hydrogen (secondary N) is 4. The van der Waals surface area contributed by atoms with E-state index in [4.69, 9.17) is 0 Å². The van der Waals surface area contributed by atoms with E-state index in [-0.39, 0.29) is 71.7 Å². The fourth-order valence-electron chi connectivity index (χ4n) is 8.76. The highest BCUT2D eigenvalue weighted by atomic mass is 19.3. The maximum atomic E-state index is 15.0. The van der Waals surface area contributed by atoms with Crippen LogP contribution < -0.4 is 31.1 Å². The lowest BCUT2D eigenvalue weighted by Gasteiger charge is -2.32. The maximum Gasteiger partial charge on any atom is 0.342 e. The van der Waals surface area contributed by atoms with Gasteiger partial charge < -0.3 is 30.7 Å². The number of halogens is 2. The number of fused-ring (bicyclic) bond motifs is 2. The topological polar surface area (TPSA) is 206 Å². The quantitative estimate of drug-likeness (QED) is 0.162. The Kier molecular flexibility index (Phi) is 11.4. The van der Waals surface area contributed by atoms with Crippen LogP contribution in [0, 0.1) is 0 Å². The molecule has 4 N–H and O–H groups in total. The van der Waals surface area contributed by atoms with Crippen LogP contribution in [0.4, 0.5) is 37.6 Å². The molecule has 3 fully saturated rings. The Bertz CT molecular complexity index is 2280. The van der Waals surface area contributed by atoms with Crippen molar-refractivity contribution in [3.63, 3.8) is 0 Å². The standard InChI is InChI=1S/C42H46F2N10O7/c1-51-31-22-46-41(50-35(31)53(27-6-2-3-7-27)23-42(43,44)40(51)61)48-25-13-11-24(12-14-25)36(57)47-26-17-20-52(21-18-26)33(56)10-5-19-45-29-9-4-8-28-34(29)39(60)54(38(28)59)30-15-16-32(55)49-37(30)58/h4,8-9,11-14,22,26-27,30,45H,2-3,5-7,10,15-21,23H2,1H3,(H,47,57)(H,46,48,50)(H,49,55,58). The van der Waals surface area contributed by atoms with Crippen LogP contribution in [0.2, 0.25) is 0 Å². The molecule has 0 radical (unpaired) electrons. The molecule has 5 heterocycles. The van der Waals surface area contributed by atoms with E-state index in [0.29, 0.717) is 55.8 Å². The van der Waals surface area contributed by atoms with Gasteiger partial charge in [-0.05, 0) is 74.9 Å². The van der Waals surface area contributed by atoms with E-state index in [1.165, 1.54) is 19.3 Å². The van der Waals surface area contributed by atoms with Gasteiger partial charge in [0.05, 0.1) is 23.9 Å². The van der Waals surface area contributed by atoms with E-state index in [1.807, 2.05) is 0 Å². The van der Waals surface area contributed by atoms with Crippen molar-refractivity contribution in [2.75, 3.05) is 53.7 Å². The number of aromatic nitrogens is 2. The Hall–Kier alpha value is -6.53. The third kappa shape index (κ3) is 8.32. The first-order chi connectivity index (χ1) is 29.3. The number of piperidine rings is 2. The van der Waals surface area contributed by atoms with Crippen LogP contribution in [0.15, 0.2) is 48.7 Å². The maximum absolute atomic E-state index is 15.0. The zero-order valence-electron chi connectivity index (χ0n) is 33.5. The number of nitrogens with zero attached hydrogens (tertiary/aromatic N) is 6. The zero-order chi connectivity index (χ0) is 43.0. The van der Waals surface area contributed by atoms with Crippen molar-refractivity contribution < 1.29 is 42.3 Å². The fraction of sp³-hybridized carbons (Fsp3) is 0.452. The van der Waals surface area contributed by atoms with Gasteiger partial charge in [-0.15, -0.1) is 0 Å². The van der Waals surface area contributed by atoms with Gasteiger partial charge >= 0.3 is 5.92 Å². The number of amides is 7. The average molecular weight is 841 g/mol. The van der Waals surface area contributed by atoms with Gasteiger partial charge in [0.1, 0.15) is 11.7 Å². The van der Waals surface area contributed by atoms with Gasteiger partial charge in [0.25, 0.3) is 23.6 Å². The van der Waals surface area contributed by atoms with Crippen molar-refractivity contribution in [3.05, 3.63) is 65.4 Å². The second kappa shape index (κ2) is 16.8. The summed E-state index contributed by atoms with van der Waals surface area (Å²) in [5.74, 6) is -7.07. The lowest BCUT2D eigenvalue weighted by Crippen LogP contribution is -2.54. The Morgan fingerprint density at radius 3 is 2.39 bits per heavy atom. The largest absolute Gasteiger partial charge is 0.384 e. The molecule has 5 aliphatic rings. The highest BCUT2D eigenvalue weighted by Gasteiger charge is 2.49. The van der Waals surface area contributed by atoms with Crippen LogP contribution in [0.3, 0.4) is 0 Å². The van der Waals surface area contributed by atoms with Gasteiger partial charge in [-0.1, -0.05) is 18.9 Å². The fourth-order valence-corrected chi connectivity index (χ4v) is 8.76. The minimum absolute atomic E-state index is 0.0288. The summed E-state index contributed by atoms with van der Waals surface area (Å²) < 4.78 is 29.9. The molecule has 1 atom stereocenters. The minimum atomic E-state index is -3.58. The Morgan fingerprint density at radius 2 is 1.67 bits per heavy atom. The minimum Gasteiger partial charge on any atom is -0.384 e. The summed E-state index contributed by atoms with van der Waals surface area (Å²) in [5.41, 5.74) is 1.97. The van der Waals surface area contributed by atoms with Crippen molar-refractivity contribution >= 4 is 70.2 Å². The molecule has 320 valence electrons. The molecule has 8 rings (SSSR count). The van der Waals surface area contributed by atoms with Crippen LogP contribution in [0.5, 0.6) is 0 Å². The molecule has 1 aliphatic carbocycles. The lowest BCUT2D eigenvalue weighted by molar-refractivity contribution is -0.140. The van der Waals surface area contributed by atoms with Crippen molar-refractivity contribution in [1.82, 2.24) is 30.4 Å². The van der Waals surface area contributed by atoms with E-state index in [2.05, 4.69) is 31.2 Å². The highest BCUT2D eigenvalue weighted by molar-refractivity contribution is 6.25. The first-order valence-corrected chi connectivity index (χ1v) is 20.6. The van der Waals surface area contributed by atoms with Gasteiger partial charge in [0.15, 0.2) is 5.82 Å². The molecule has 1 saturated carbocycles. The summed E-state index contributed by atoms with van der Waals surface area (Å²) in [6.45, 7) is 0.537. The molecule has 17 nitrogen and oxygen atoms in total. The van der Waals surface area contributed by atoms with E-state index in [9.17, 15) is 42.3 Å². The third-order valence-electron chi connectivity index (χ3n) is 12.1. The molecule has 2 saturated heterocycles. The summed E-state index contributed by atoms with van der Waals surface area (Å²) in [6, 6.07) is 10.2. The predicted octanol–water partition coefficient (Wildman–Crippen LogP) is 3.60. The summed E-state index contributed by atoms with van der Waals surface area (Å²) in [5, 5.41) is 11.5. The number of rotatable bonds is 11. The summed E-state index contributed by atoms with van der Waals surface area (Å²) in [4.78, 5) is 103. The molecule has 3 aromatic rings. The molecule has 1 unspecified atom stereocenters. The number of anilines is 5. The van der Waals surface area contributed by atoms with Crippen LogP contribution in [-0.2, 0) is 19.2 Å². The molecule has 0 bridgehead atoms. The zero-order valence-corrected chi connectivity index (χ0v) is 33.5. The first kappa shape index (κ1) is 41.2. The number of hydrogen-bond acceptors (Lipinski definition) is 12. The lowest BCUT2D eigenvalue weighted by atomic mass is 10.0. The molecule has 4 aliphatic heterocycles. The normalized spacial score (nSPS) is 20.6.